The maximum Gasteiger partial charge on any atom is 0.336 e. The predicted octanol–water partition coefficient (Wildman–Crippen LogP) is 3.17. The molecule has 4 rings (SSSR count). The van der Waals surface area contributed by atoms with Crippen molar-refractivity contribution < 1.29 is 9.18 Å². The predicted molar refractivity (Wildman–Crippen MR) is 116 cm³/mol. The summed E-state index contributed by atoms with van der Waals surface area (Å²) in [6, 6.07) is 5.81. The van der Waals surface area contributed by atoms with Crippen LogP contribution in [-0.4, -0.2) is 33.0 Å². The molecule has 6 nitrogen and oxygen atoms in total. The molecule has 0 radical (unpaired) electrons. The molecule has 1 fully saturated rings. The number of benzene rings is 1. The number of rotatable bonds is 3. The Hall–Kier alpha value is -2.74. The van der Waals surface area contributed by atoms with Gasteiger partial charge in [-0.3, -0.25) is 14.2 Å². The van der Waals surface area contributed by atoms with Crippen molar-refractivity contribution in [3.05, 3.63) is 61.9 Å². The van der Waals surface area contributed by atoms with Crippen LogP contribution in [0.4, 0.5) is 4.39 Å². The lowest BCUT2D eigenvalue weighted by atomic mass is 9.92. The Balaban J connectivity index is 1.81. The van der Waals surface area contributed by atoms with Gasteiger partial charge in [0.25, 0.3) is 5.56 Å². The van der Waals surface area contributed by atoms with Crippen molar-refractivity contribution in [1.82, 2.24) is 14.0 Å². The molecular weight excluding hydrogens is 405 g/mol. The summed E-state index contributed by atoms with van der Waals surface area (Å²) < 4.78 is 16.5. The number of amides is 1. The van der Waals surface area contributed by atoms with Crippen LogP contribution in [0.1, 0.15) is 25.8 Å². The maximum absolute atomic E-state index is 13.7. The standard InChI is InChI=1S/C22H24FN3O3S/c1-13-8-14(2)11-24(10-13)19(27)12-25-18-6-7-30-20(18)21(28)26(22(25)29)16-4-5-17(23)15(3)9-16/h4-7,9,13-14H,8,10-12H2,1-3H3/t13-,14+. The van der Waals surface area contributed by atoms with Crippen LogP contribution >= 0.6 is 11.3 Å². The Morgan fingerprint density at radius 3 is 2.53 bits per heavy atom. The van der Waals surface area contributed by atoms with Crippen LogP contribution in [-0.2, 0) is 11.3 Å². The zero-order valence-electron chi connectivity index (χ0n) is 17.2. The van der Waals surface area contributed by atoms with Crippen molar-refractivity contribution in [3.8, 4) is 5.69 Å². The van der Waals surface area contributed by atoms with Gasteiger partial charge in [-0.2, -0.15) is 0 Å². The molecule has 1 amide bonds. The fourth-order valence-electron chi connectivity index (χ4n) is 4.34. The number of fused-ring (bicyclic) bond motifs is 1. The van der Waals surface area contributed by atoms with Crippen LogP contribution in [0.5, 0.6) is 0 Å². The second kappa shape index (κ2) is 7.83. The Morgan fingerprint density at radius 2 is 1.87 bits per heavy atom. The van der Waals surface area contributed by atoms with Gasteiger partial charge in [0.1, 0.15) is 17.1 Å². The summed E-state index contributed by atoms with van der Waals surface area (Å²) in [4.78, 5) is 41.2. The van der Waals surface area contributed by atoms with Gasteiger partial charge in [-0.25, -0.2) is 13.8 Å². The molecule has 0 N–H and O–H groups in total. The number of piperidine rings is 1. The molecule has 1 aliphatic heterocycles. The van der Waals surface area contributed by atoms with Crippen molar-refractivity contribution in [2.24, 2.45) is 11.8 Å². The summed E-state index contributed by atoms with van der Waals surface area (Å²) in [5, 5.41) is 1.73. The lowest BCUT2D eigenvalue weighted by Gasteiger charge is -2.35. The van der Waals surface area contributed by atoms with Gasteiger partial charge in [-0.15, -0.1) is 11.3 Å². The molecule has 0 bridgehead atoms. The van der Waals surface area contributed by atoms with Crippen molar-refractivity contribution in [2.75, 3.05) is 13.1 Å². The average Bonchev–Trinajstić information content (AvgIpc) is 3.17. The third kappa shape index (κ3) is 3.60. The lowest BCUT2D eigenvalue weighted by molar-refractivity contribution is -0.134. The topological polar surface area (TPSA) is 64.3 Å². The van der Waals surface area contributed by atoms with Gasteiger partial charge < -0.3 is 4.90 Å². The van der Waals surface area contributed by atoms with Crippen molar-refractivity contribution in [1.29, 1.82) is 0 Å². The average molecular weight is 430 g/mol. The molecule has 2 aromatic heterocycles. The van der Waals surface area contributed by atoms with Crippen molar-refractivity contribution in [2.45, 2.75) is 33.7 Å². The van der Waals surface area contributed by atoms with Crippen molar-refractivity contribution in [3.63, 3.8) is 0 Å². The zero-order chi connectivity index (χ0) is 21.6. The molecule has 0 unspecified atom stereocenters. The number of hydrogen-bond acceptors (Lipinski definition) is 4. The summed E-state index contributed by atoms with van der Waals surface area (Å²) in [6.45, 7) is 7.02. The maximum atomic E-state index is 13.7. The van der Waals surface area contributed by atoms with Crippen LogP contribution in [0.2, 0.25) is 0 Å². The fourth-order valence-corrected chi connectivity index (χ4v) is 5.16. The number of likely N-dealkylation sites (tertiary alicyclic amines) is 1. The van der Waals surface area contributed by atoms with Gasteiger partial charge in [0, 0.05) is 13.1 Å². The molecule has 8 heteroatoms. The summed E-state index contributed by atoms with van der Waals surface area (Å²) >= 11 is 1.22. The summed E-state index contributed by atoms with van der Waals surface area (Å²) in [5.74, 6) is 0.273. The first-order chi connectivity index (χ1) is 14.3. The number of aromatic nitrogens is 2. The Bertz CT molecular complexity index is 1230. The quantitative estimate of drug-likeness (QED) is 0.643. The Kier molecular flexibility index (Phi) is 5.36. The van der Waals surface area contributed by atoms with Crippen LogP contribution in [0.15, 0.2) is 39.2 Å². The Labute approximate surface area is 177 Å². The van der Waals surface area contributed by atoms with Gasteiger partial charge in [0.2, 0.25) is 5.91 Å². The van der Waals surface area contributed by atoms with Gasteiger partial charge in [0.05, 0.1) is 11.2 Å². The lowest BCUT2D eigenvalue weighted by Crippen LogP contribution is -2.46. The van der Waals surface area contributed by atoms with E-state index in [4.69, 9.17) is 0 Å². The second-order valence-corrected chi connectivity index (χ2v) is 9.24. The third-order valence-corrected chi connectivity index (χ3v) is 6.56. The van der Waals surface area contributed by atoms with E-state index in [1.54, 1.807) is 23.3 Å². The van der Waals surface area contributed by atoms with E-state index in [2.05, 4.69) is 13.8 Å². The molecule has 0 aliphatic carbocycles. The minimum atomic E-state index is -0.594. The first-order valence-electron chi connectivity index (χ1n) is 10.0. The molecule has 1 aliphatic rings. The summed E-state index contributed by atoms with van der Waals surface area (Å²) in [5.41, 5.74) is 0.0319. The van der Waals surface area contributed by atoms with Crippen LogP contribution in [0.25, 0.3) is 15.9 Å². The third-order valence-electron chi connectivity index (χ3n) is 5.67. The molecule has 158 valence electrons. The fraction of sp³-hybridized carbons (Fsp3) is 0.409. The first kappa shape index (κ1) is 20.5. The number of hydrogen-bond donors (Lipinski definition) is 0. The number of carbonyl (C=O) groups excluding carboxylic acids is 1. The first-order valence-corrected chi connectivity index (χ1v) is 10.9. The molecule has 3 heterocycles. The van der Waals surface area contributed by atoms with E-state index in [0.717, 1.165) is 11.0 Å². The molecule has 0 saturated carbocycles. The normalized spacial score (nSPS) is 19.4. The van der Waals surface area contributed by atoms with Crippen LogP contribution < -0.4 is 11.2 Å². The van der Waals surface area contributed by atoms with Gasteiger partial charge in [0.15, 0.2) is 0 Å². The largest absolute Gasteiger partial charge is 0.341 e. The van der Waals surface area contributed by atoms with E-state index >= 15 is 0 Å². The number of aryl methyl sites for hydroxylation is 1. The van der Waals surface area contributed by atoms with E-state index in [0.29, 0.717) is 46.4 Å². The van der Waals surface area contributed by atoms with Crippen LogP contribution in [0.3, 0.4) is 0 Å². The number of thiophene rings is 1. The molecule has 3 aromatic rings. The molecule has 30 heavy (non-hydrogen) atoms. The molecular formula is C22H24FN3O3S. The highest BCUT2D eigenvalue weighted by Crippen LogP contribution is 2.22. The molecule has 2 atom stereocenters. The van der Waals surface area contributed by atoms with Crippen LogP contribution in [0, 0.1) is 24.6 Å². The number of carbonyl (C=O) groups is 1. The minimum absolute atomic E-state index is 0.133. The smallest absolute Gasteiger partial charge is 0.336 e. The monoisotopic (exact) mass is 429 g/mol. The molecule has 1 saturated heterocycles. The zero-order valence-corrected chi connectivity index (χ0v) is 18.0. The van der Waals surface area contributed by atoms with E-state index in [1.165, 1.54) is 34.1 Å². The van der Waals surface area contributed by atoms with Crippen molar-refractivity contribution >= 4 is 27.5 Å². The summed E-state index contributed by atoms with van der Waals surface area (Å²) in [6.07, 6.45) is 1.08. The molecule has 1 aromatic carbocycles. The van der Waals surface area contributed by atoms with E-state index in [-0.39, 0.29) is 12.5 Å². The SMILES string of the molecule is Cc1cc(-n2c(=O)c3sccc3n(CC(=O)N3C[C@H](C)C[C@H](C)C3)c2=O)ccc1F. The molecule has 0 spiro atoms. The van der Waals surface area contributed by atoms with E-state index in [1.807, 2.05) is 0 Å². The highest BCUT2D eigenvalue weighted by molar-refractivity contribution is 7.17. The second-order valence-electron chi connectivity index (χ2n) is 8.32. The Morgan fingerprint density at radius 1 is 1.17 bits per heavy atom. The van der Waals surface area contributed by atoms with Gasteiger partial charge in [-0.05, 0) is 60.4 Å². The summed E-state index contributed by atoms with van der Waals surface area (Å²) in [7, 11) is 0. The number of nitrogens with zero attached hydrogens (tertiary/aromatic N) is 3. The van der Waals surface area contributed by atoms with E-state index < -0.39 is 17.1 Å². The highest BCUT2D eigenvalue weighted by Gasteiger charge is 2.27. The number of halogens is 1. The highest BCUT2D eigenvalue weighted by atomic mass is 32.1. The van der Waals surface area contributed by atoms with Gasteiger partial charge >= 0.3 is 5.69 Å². The minimum Gasteiger partial charge on any atom is -0.341 e. The van der Waals surface area contributed by atoms with E-state index in [9.17, 15) is 18.8 Å². The van der Waals surface area contributed by atoms with Gasteiger partial charge in [-0.1, -0.05) is 13.8 Å².